The van der Waals surface area contributed by atoms with Gasteiger partial charge in [0.05, 0.1) is 18.9 Å². The van der Waals surface area contributed by atoms with Crippen LogP contribution in [0.5, 0.6) is 0 Å². The summed E-state index contributed by atoms with van der Waals surface area (Å²) < 4.78 is 7.11. The molecule has 2 aliphatic rings. The van der Waals surface area contributed by atoms with Crippen molar-refractivity contribution >= 4 is 17.0 Å². The molecule has 0 atom stereocenters. The van der Waals surface area contributed by atoms with E-state index in [1.54, 1.807) is 4.68 Å². The van der Waals surface area contributed by atoms with E-state index in [1.807, 2.05) is 7.05 Å². The minimum Gasteiger partial charge on any atom is -0.379 e. The van der Waals surface area contributed by atoms with Crippen LogP contribution in [0.2, 0.25) is 0 Å². The first kappa shape index (κ1) is 19.4. The minimum atomic E-state index is -0.174. The van der Waals surface area contributed by atoms with Crippen LogP contribution < -0.4 is 10.5 Å². The zero-order chi connectivity index (χ0) is 19.9. The van der Waals surface area contributed by atoms with Gasteiger partial charge >= 0.3 is 0 Å². The lowest BCUT2D eigenvalue weighted by Gasteiger charge is -2.30. The number of ether oxygens (including phenoxy) is 1. The van der Waals surface area contributed by atoms with E-state index < -0.39 is 0 Å². The molecule has 8 nitrogen and oxygen atoms in total. The van der Waals surface area contributed by atoms with E-state index in [-0.39, 0.29) is 11.0 Å². The summed E-state index contributed by atoms with van der Waals surface area (Å²) in [4.78, 5) is 25.5. The molecule has 0 spiro atoms. The predicted molar refractivity (Wildman–Crippen MR) is 110 cm³/mol. The second kappa shape index (κ2) is 7.48. The van der Waals surface area contributed by atoms with Crippen LogP contribution in [-0.4, -0.2) is 70.6 Å². The second-order valence-corrected chi connectivity index (χ2v) is 9.15. The highest BCUT2D eigenvalue weighted by Crippen LogP contribution is 2.31. The number of morpholine rings is 1. The molecule has 1 N–H and O–H groups in total. The molecular formula is C20H32N6O2. The molecule has 0 bridgehead atoms. The molecule has 154 valence electrons. The predicted octanol–water partition coefficient (Wildman–Crippen LogP) is 1.50. The molecule has 1 aliphatic heterocycles. The van der Waals surface area contributed by atoms with E-state index in [2.05, 4.69) is 40.7 Å². The van der Waals surface area contributed by atoms with Crippen LogP contribution in [0.1, 0.15) is 39.3 Å². The summed E-state index contributed by atoms with van der Waals surface area (Å²) in [6.45, 7) is 12.6. The summed E-state index contributed by atoms with van der Waals surface area (Å²) in [6.07, 6.45) is 2.53. The van der Waals surface area contributed by atoms with Gasteiger partial charge in [-0.2, -0.15) is 5.10 Å². The van der Waals surface area contributed by atoms with Crippen LogP contribution in [0.25, 0.3) is 11.0 Å². The van der Waals surface area contributed by atoms with E-state index in [9.17, 15) is 4.79 Å². The lowest BCUT2D eigenvalue weighted by molar-refractivity contribution is 0.0391. The maximum Gasteiger partial charge on any atom is 0.278 e. The van der Waals surface area contributed by atoms with Crippen molar-refractivity contribution in [3.05, 3.63) is 16.0 Å². The van der Waals surface area contributed by atoms with E-state index in [0.29, 0.717) is 17.4 Å². The molecule has 0 amide bonds. The number of rotatable bonds is 6. The minimum absolute atomic E-state index is 0.113. The molecule has 28 heavy (non-hydrogen) atoms. The van der Waals surface area contributed by atoms with Crippen LogP contribution in [0, 0.1) is 5.92 Å². The highest BCUT2D eigenvalue weighted by atomic mass is 16.5. The molecule has 2 aromatic rings. The largest absolute Gasteiger partial charge is 0.379 e. The van der Waals surface area contributed by atoms with E-state index in [0.717, 1.165) is 57.1 Å². The number of aromatic amines is 1. The summed E-state index contributed by atoms with van der Waals surface area (Å²) in [5.41, 5.74) is 1.86. The van der Waals surface area contributed by atoms with Gasteiger partial charge in [-0.25, -0.2) is 4.98 Å². The number of nitrogens with one attached hydrogen (secondary N) is 1. The van der Waals surface area contributed by atoms with Crippen molar-refractivity contribution in [2.75, 3.05) is 50.8 Å². The Morgan fingerprint density at radius 3 is 2.61 bits per heavy atom. The topological polar surface area (TPSA) is 79.3 Å². The number of hydrogen-bond acceptors (Lipinski definition) is 6. The van der Waals surface area contributed by atoms with Crippen molar-refractivity contribution in [2.24, 2.45) is 13.0 Å². The Hall–Kier alpha value is -1.93. The van der Waals surface area contributed by atoms with E-state index >= 15 is 0 Å². The van der Waals surface area contributed by atoms with Gasteiger partial charge < -0.3 is 9.64 Å². The molecule has 2 fully saturated rings. The van der Waals surface area contributed by atoms with Gasteiger partial charge in [-0.05, 0) is 18.8 Å². The summed E-state index contributed by atoms with van der Waals surface area (Å²) in [7, 11) is 1.81. The fraction of sp³-hybridized carbons (Fsp3) is 0.750. The average molecular weight is 389 g/mol. The molecular weight excluding hydrogens is 356 g/mol. The quantitative estimate of drug-likeness (QED) is 0.808. The van der Waals surface area contributed by atoms with Crippen LogP contribution in [0.4, 0.5) is 5.95 Å². The fourth-order valence-electron chi connectivity index (χ4n) is 3.81. The Balaban J connectivity index is 1.65. The Morgan fingerprint density at radius 1 is 1.25 bits per heavy atom. The Labute approximate surface area is 165 Å². The maximum absolute atomic E-state index is 12.9. The zero-order valence-electron chi connectivity index (χ0n) is 17.5. The summed E-state index contributed by atoms with van der Waals surface area (Å²) in [6, 6.07) is 0. The number of aromatic nitrogens is 4. The van der Waals surface area contributed by atoms with Gasteiger partial charge in [-0.15, -0.1) is 0 Å². The van der Waals surface area contributed by atoms with Crippen LogP contribution >= 0.6 is 0 Å². The number of hydrogen-bond donors (Lipinski definition) is 1. The average Bonchev–Trinajstić information content (AvgIpc) is 3.39. The third-order valence-corrected chi connectivity index (χ3v) is 5.66. The van der Waals surface area contributed by atoms with Crippen molar-refractivity contribution in [1.29, 1.82) is 0 Å². The molecule has 3 heterocycles. The highest BCUT2D eigenvalue weighted by Gasteiger charge is 2.28. The Bertz CT molecular complexity index is 886. The summed E-state index contributed by atoms with van der Waals surface area (Å²) >= 11 is 0. The maximum atomic E-state index is 12.9. The van der Waals surface area contributed by atoms with Crippen molar-refractivity contribution < 1.29 is 4.74 Å². The molecule has 4 rings (SSSR count). The number of H-pyrrole nitrogens is 1. The smallest absolute Gasteiger partial charge is 0.278 e. The second-order valence-electron chi connectivity index (χ2n) is 9.15. The number of aryl methyl sites for hydroxylation is 1. The highest BCUT2D eigenvalue weighted by molar-refractivity contribution is 5.78. The molecule has 1 aliphatic carbocycles. The number of nitrogens with zero attached hydrogens (tertiary/aromatic N) is 5. The summed E-state index contributed by atoms with van der Waals surface area (Å²) in [5.74, 6) is 1.39. The van der Waals surface area contributed by atoms with Crippen LogP contribution in [0.3, 0.4) is 0 Å². The van der Waals surface area contributed by atoms with Gasteiger partial charge in [0, 0.05) is 45.2 Å². The van der Waals surface area contributed by atoms with E-state index in [1.165, 1.54) is 12.8 Å². The van der Waals surface area contributed by atoms with Gasteiger partial charge in [-0.1, -0.05) is 20.8 Å². The zero-order valence-corrected chi connectivity index (χ0v) is 17.5. The van der Waals surface area contributed by atoms with Gasteiger partial charge in [-0.3, -0.25) is 19.4 Å². The molecule has 1 saturated carbocycles. The number of anilines is 1. The monoisotopic (exact) mass is 388 g/mol. The van der Waals surface area contributed by atoms with Crippen LogP contribution in [0.15, 0.2) is 4.79 Å². The number of fused-ring (bicyclic) bond motifs is 1. The lowest BCUT2D eigenvalue weighted by Crippen LogP contribution is -2.42. The standard InChI is InChI=1S/C20H32N6O2/c1-20(2,3)17-15-16(24(4)23-17)18(27)22-19(21-15)26(13-14-5-6-14)8-7-25-9-11-28-12-10-25/h14H,5-13H2,1-4H3,(H,21,22,27). The van der Waals surface area contributed by atoms with Crippen molar-refractivity contribution in [2.45, 2.75) is 39.0 Å². The van der Waals surface area contributed by atoms with E-state index in [4.69, 9.17) is 9.72 Å². The first-order chi connectivity index (χ1) is 13.3. The van der Waals surface area contributed by atoms with Crippen molar-refractivity contribution in [1.82, 2.24) is 24.6 Å². The molecule has 0 radical (unpaired) electrons. The first-order valence-electron chi connectivity index (χ1n) is 10.4. The normalized spacial score (nSPS) is 18.7. The molecule has 0 unspecified atom stereocenters. The third-order valence-electron chi connectivity index (χ3n) is 5.66. The van der Waals surface area contributed by atoms with Gasteiger partial charge in [0.15, 0.2) is 5.52 Å². The molecule has 1 saturated heterocycles. The Kier molecular flexibility index (Phi) is 5.18. The molecule has 8 heteroatoms. The van der Waals surface area contributed by atoms with Crippen LogP contribution in [-0.2, 0) is 17.2 Å². The first-order valence-corrected chi connectivity index (χ1v) is 10.4. The van der Waals surface area contributed by atoms with Gasteiger partial charge in [0.2, 0.25) is 5.95 Å². The molecule has 2 aromatic heterocycles. The summed E-state index contributed by atoms with van der Waals surface area (Å²) in [5, 5.41) is 4.61. The Morgan fingerprint density at radius 2 is 1.96 bits per heavy atom. The van der Waals surface area contributed by atoms with Gasteiger partial charge in [0.25, 0.3) is 5.56 Å². The SMILES string of the molecule is Cn1nc(C(C)(C)C)c2nc(N(CCN3CCOCC3)CC3CC3)[nH]c(=O)c21. The molecule has 0 aromatic carbocycles. The lowest BCUT2D eigenvalue weighted by atomic mass is 9.91. The third kappa shape index (κ3) is 4.07. The van der Waals surface area contributed by atoms with Crippen molar-refractivity contribution in [3.8, 4) is 0 Å². The fourth-order valence-corrected chi connectivity index (χ4v) is 3.81. The van der Waals surface area contributed by atoms with Crippen molar-refractivity contribution in [3.63, 3.8) is 0 Å². The van der Waals surface area contributed by atoms with Gasteiger partial charge in [0.1, 0.15) is 5.52 Å².